The fourth-order valence-electron chi connectivity index (χ4n) is 3.04. The Morgan fingerprint density at radius 3 is 2.53 bits per heavy atom. The number of hydrogen-bond donors (Lipinski definition) is 3. The minimum atomic E-state index is -0.613. The zero-order valence-electron chi connectivity index (χ0n) is 20.4. The maximum Gasteiger partial charge on any atom is 0.407 e. The fourth-order valence-corrected chi connectivity index (χ4v) is 3.38. The van der Waals surface area contributed by atoms with E-state index in [1.165, 1.54) is 30.1 Å². The van der Waals surface area contributed by atoms with Crippen LogP contribution in [0.2, 0.25) is 10.2 Å². The van der Waals surface area contributed by atoms with Gasteiger partial charge in [-0.1, -0.05) is 23.2 Å². The molecule has 0 saturated heterocycles. The molecule has 0 bridgehead atoms. The lowest BCUT2D eigenvalue weighted by atomic mass is 10.2. The van der Waals surface area contributed by atoms with Crippen molar-refractivity contribution in [1.82, 2.24) is 24.9 Å². The molecule has 3 aromatic heterocycles. The van der Waals surface area contributed by atoms with Gasteiger partial charge in [-0.2, -0.15) is 5.10 Å². The van der Waals surface area contributed by atoms with E-state index in [0.717, 1.165) is 0 Å². The maximum atomic E-state index is 12.9. The predicted octanol–water partition coefficient (Wildman–Crippen LogP) is 4.69. The van der Waals surface area contributed by atoms with E-state index >= 15 is 0 Å². The number of ether oxygens (including phenoxy) is 3. The first kappa shape index (κ1) is 27.2. The van der Waals surface area contributed by atoms with E-state index in [0.29, 0.717) is 17.0 Å². The average molecular weight is 540 g/mol. The van der Waals surface area contributed by atoms with Crippen molar-refractivity contribution in [2.45, 2.75) is 39.4 Å². The number of halogens is 2. The Balaban J connectivity index is 1.69. The van der Waals surface area contributed by atoms with E-state index in [1.54, 1.807) is 33.8 Å². The van der Waals surface area contributed by atoms with Gasteiger partial charge in [-0.25, -0.2) is 24.1 Å². The van der Waals surface area contributed by atoms with Gasteiger partial charge in [0.2, 0.25) is 5.88 Å². The lowest BCUT2D eigenvalue weighted by Gasteiger charge is -2.19. The lowest BCUT2D eigenvalue weighted by Crippen LogP contribution is -2.34. The second-order valence-corrected chi connectivity index (χ2v) is 9.36. The molecule has 3 heterocycles. The molecule has 0 spiro atoms. The molecule has 0 fully saturated rings. The summed E-state index contributed by atoms with van der Waals surface area (Å²) in [6.45, 7) is 7.32. The molecule has 12 nitrogen and oxygen atoms in total. The number of methoxy groups -OCH3 is 1. The topological polar surface area (TPSA) is 141 Å². The largest absolute Gasteiger partial charge is 0.474 e. The average Bonchev–Trinajstić information content (AvgIpc) is 3.16. The summed E-state index contributed by atoms with van der Waals surface area (Å²) < 4.78 is 17.7. The van der Waals surface area contributed by atoms with E-state index in [-0.39, 0.29) is 34.9 Å². The third-order valence-corrected chi connectivity index (χ3v) is 4.94. The number of nitrogens with zero attached hydrogens (tertiary/aromatic N) is 4. The molecular weight excluding hydrogens is 513 g/mol. The van der Waals surface area contributed by atoms with Crippen LogP contribution in [0.4, 0.5) is 21.0 Å². The van der Waals surface area contributed by atoms with Gasteiger partial charge in [0.25, 0.3) is 0 Å². The number of hydrogen-bond acceptors (Lipinski definition) is 8. The van der Waals surface area contributed by atoms with Crippen LogP contribution in [0.15, 0.2) is 24.5 Å². The number of carbonyl (C=O) groups is 2. The minimum absolute atomic E-state index is 0.0698. The molecule has 0 aliphatic heterocycles. The van der Waals surface area contributed by atoms with E-state index in [2.05, 4.69) is 31.0 Å². The van der Waals surface area contributed by atoms with Crippen molar-refractivity contribution < 1.29 is 23.8 Å². The highest BCUT2D eigenvalue weighted by molar-refractivity contribution is 6.31. The van der Waals surface area contributed by atoms with Crippen molar-refractivity contribution in [2.24, 2.45) is 0 Å². The summed E-state index contributed by atoms with van der Waals surface area (Å²) in [6, 6.07) is 2.47. The third kappa shape index (κ3) is 7.33. The molecule has 0 saturated carbocycles. The molecule has 1 atom stereocenters. The molecular formula is C22H27Cl2N7O5. The van der Waals surface area contributed by atoms with Gasteiger partial charge in [0.15, 0.2) is 10.8 Å². The standard InChI is InChI=1S/C22H27Cl2N7O5/c1-12(34-5)18-15(11-26-17-9-16(24)30-31(17)18)29-20(32)28-14-8-13(23)10-27-19(14)35-7-6-25-21(33)36-22(2,3)4/h8-12H,6-7H2,1-5H3,(H,25,33)(H2,28,29,32). The van der Waals surface area contributed by atoms with Gasteiger partial charge >= 0.3 is 12.1 Å². The number of aromatic nitrogens is 4. The van der Waals surface area contributed by atoms with Crippen molar-refractivity contribution in [3.63, 3.8) is 0 Å². The fraction of sp³-hybridized carbons (Fsp3) is 0.409. The zero-order chi connectivity index (χ0) is 26.5. The molecule has 3 amide bonds. The molecule has 0 radical (unpaired) electrons. The minimum Gasteiger partial charge on any atom is -0.474 e. The summed E-state index contributed by atoms with van der Waals surface area (Å²) in [6.07, 6.45) is 1.84. The van der Waals surface area contributed by atoms with Crippen molar-refractivity contribution in [1.29, 1.82) is 0 Å². The number of carbonyl (C=O) groups excluding carboxylic acids is 2. The highest BCUT2D eigenvalue weighted by atomic mass is 35.5. The van der Waals surface area contributed by atoms with E-state index in [4.69, 9.17) is 37.4 Å². The van der Waals surface area contributed by atoms with Gasteiger partial charge in [-0.05, 0) is 33.8 Å². The van der Waals surface area contributed by atoms with Crippen molar-refractivity contribution in [2.75, 3.05) is 30.9 Å². The molecule has 3 N–H and O–H groups in total. The van der Waals surface area contributed by atoms with Crippen LogP contribution in [-0.2, 0) is 9.47 Å². The van der Waals surface area contributed by atoms with Gasteiger partial charge in [-0.15, -0.1) is 0 Å². The van der Waals surface area contributed by atoms with E-state index in [9.17, 15) is 9.59 Å². The molecule has 14 heteroatoms. The normalized spacial score (nSPS) is 12.2. The SMILES string of the molecule is COC(C)c1c(NC(=O)Nc2cc(Cl)cnc2OCCNC(=O)OC(C)(C)C)cnc2cc(Cl)nn12. The second kappa shape index (κ2) is 11.6. The summed E-state index contributed by atoms with van der Waals surface area (Å²) in [7, 11) is 1.53. The van der Waals surface area contributed by atoms with Crippen LogP contribution in [0, 0.1) is 0 Å². The Morgan fingerprint density at radius 2 is 1.83 bits per heavy atom. The number of amides is 3. The van der Waals surface area contributed by atoms with E-state index in [1.807, 2.05) is 0 Å². The number of fused-ring (bicyclic) bond motifs is 1. The van der Waals surface area contributed by atoms with Gasteiger partial charge in [0, 0.05) is 19.4 Å². The molecule has 0 aliphatic carbocycles. The van der Waals surface area contributed by atoms with Crippen LogP contribution in [0.25, 0.3) is 5.65 Å². The van der Waals surface area contributed by atoms with Gasteiger partial charge < -0.3 is 30.2 Å². The van der Waals surface area contributed by atoms with Crippen LogP contribution in [-0.4, -0.2) is 57.6 Å². The quantitative estimate of drug-likeness (QED) is 0.350. The summed E-state index contributed by atoms with van der Waals surface area (Å²) >= 11 is 12.1. The molecule has 0 aliphatic rings. The van der Waals surface area contributed by atoms with Gasteiger partial charge in [-0.3, -0.25) is 0 Å². The number of pyridine rings is 1. The zero-order valence-corrected chi connectivity index (χ0v) is 21.9. The smallest absolute Gasteiger partial charge is 0.407 e. The van der Waals surface area contributed by atoms with E-state index < -0.39 is 23.8 Å². The summed E-state index contributed by atoms with van der Waals surface area (Å²) in [5.41, 5.74) is 0.999. The maximum absolute atomic E-state index is 12.9. The highest BCUT2D eigenvalue weighted by Crippen LogP contribution is 2.28. The van der Waals surface area contributed by atoms with Gasteiger partial charge in [0.1, 0.15) is 17.9 Å². The summed E-state index contributed by atoms with van der Waals surface area (Å²) in [4.78, 5) is 33.0. The second-order valence-electron chi connectivity index (χ2n) is 8.53. The monoisotopic (exact) mass is 539 g/mol. The van der Waals surface area contributed by atoms with Crippen LogP contribution in [0.3, 0.4) is 0 Å². The molecule has 3 rings (SSSR count). The number of urea groups is 1. The first-order valence-electron chi connectivity index (χ1n) is 10.9. The van der Waals surface area contributed by atoms with Gasteiger partial charge in [0.05, 0.1) is 35.2 Å². The Labute approximate surface area is 217 Å². The lowest BCUT2D eigenvalue weighted by molar-refractivity contribution is 0.0520. The van der Waals surface area contributed by atoms with Crippen LogP contribution in [0.1, 0.15) is 39.5 Å². The molecule has 194 valence electrons. The van der Waals surface area contributed by atoms with Crippen molar-refractivity contribution in [3.8, 4) is 5.88 Å². The molecule has 3 aromatic rings. The predicted molar refractivity (Wildman–Crippen MR) is 135 cm³/mol. The van der Waals surface area contributed by atoms with Crippen molar-refractivity contribution >= 4 is 52.3 Å². The molecule has 0 aromatic carbocycles. The Kier molecular flexibility index (Phi) is 8.77. The third-order valence-electron chi connectivity index (χ3n) is 4.55. The molecule has 36 heavy (non-hydrogen) atoms. The highest BCUT2D eigenvalue weighted by Gasteiger charge is 2.20. The van der Waals surface area contributed by atoms with Crippen molar-refractivity contribution in [3.05, 3.63) is 40.4 Å². The van der Waals surface area contributed by atoms with Crippen LogP contribution < -0.4 is 20.7 Å². The number of rotatable bonds is 8. The van der Waals surface area contributed by atoms with Crippen LogP contribution in [0.5, 0.6) is 5.88 Å². The molecule has 1 unspecified atom stereocenters. The van der Waals surface area contributed by atoms with Crippen LogP contribution >= 0.6 is 23.2 Å². The number of nitrogens with one attached hydrogen (secondary N) is 3. The Bertz CT molecular complexity index is 1250. The first-order valence-corrected chi connectivity index (χ1v) is 11.6. The first-order chi connectivity index (χ1) is 17.0. The summed E-state index contributed by atoms with van der Waals surface area (Å²) in [5, 5.41) is 12.7. The Hall–Kier alpha value is -3.35. The number of anilines is 2. The summed E-state index contributed by atoms with van der Waals surface area (Å²) in [5.74, 6) is 0.110. The number of alkyl carbamates (subject to hydrolysis) is 1. The Morgan fingerprint density at radius 1 is 1.11 bits per heavy atom.